The van der Waals surface area contributed by atoms with Crippen molar-refractivity contribution in [2.45, 2.75) is 33.5 Å². The summed E-state index contributed by atoms with van der Waals surface area (Å²) in [6.07, 6.45) is -1.04. The normalized spacial score (nSPS) is 11.3. The third kappa shape index (κ3) is 5.28. The second-order valence-corrected chi connectivity index (χ2v) is 6.81. The molecule has 3 rings (SSSR count). The highest BCUT2D eigenvalue weighted by atomic mass is 16.5. The van der Waals surface area contributed by atoms with Crippen molar-refractivity contribution in [2.24, 2.45) is 0 Å². The molecule has 0 saturated carbocycles. The van der Waals surface area contributed by atoms with Crippen LogP contribution in [-0.4, -0.2) is 23.1 Å². The molecule has 2 aromatic carbocycles. The summed E-state index contributed by atoms with van der Waals surface area (Å²) in [4.78, 5) is 25.0. The molecule has 3 aromatic rings. The second-order valence-electron chi connectivity index (χ2n) is 6.81. The van der Waals surface area contributed by atoms with E-state index in [4.69, 9.17) is 19.3 Å². The fraction of sp³-hybridized carbons (Fsp3) is 0.217. The van der Waals surface area contributed by atoms with Gasteiger partial charge in [0.15, 0.2) is 6.10 Å². The van der Waals surface area contributed by atoms with Crippen molar-refractivity contribution >= 4 is 17.6 Å². The minimum Gasteiger partial charge on any atom is -0.488 e. The number of nitriles is 1. The van der Waals surface area contributed by atoms with Gasteiger partial charge < -0.3 is 19.3 Å². The van der Waals surface area contributed by atoms with Gasteiger partial charge in [-0.1, -0.05) is 17.3 Å². The van der Waals surface area contributed by atoms with Crippen LogP contribution in [0.3, 0.4) is 0 Å². The van der Waals surface area contributed by atoms with Crippen molar-refractivity contribution in [3.05, 3.63) is 76.7 Å². The number of nitrogens with zero attached hydrogens (tertiary/aromatic N) is 2. The first-order valence-electron chi connectivity index (χ1n) is 9.54. The number of carbonyl (C=O) groups excluding carboxylic acids is 2. The van der Waals surface area contributed by atoms with Crippen LogP contribution in [0.5, 0.6) is 5.75 Å². The van der Waals surface area contributed by atoms with Gasteiger partial charge in [-0.2, -0.15) is 5.26 Å². The Balaban J connectivity index is 1.64. The lowest BCUT2D eigenvalue weighted by atomic mass is 10.2. The Kier molecular flexibility index (Phi) is 6.67. The number of hydrogen-bond acceptors (Lipinski definition) is 7. The maximum absolute atomic E-state index is 12.7. The number of rotatable bonds is 7. The SMILES string of the molecule is Cc1noc(C)c1COc1ccccc1C(=O)O[C@H](C)C(=O)Nc1ccc(C#N)cc1. The van der Waals surface area contributed by atoms with E-state index in [0.717, 1.165) is 5.56 Å². The molecule has 1 amide bonds. The number of aryl methyl sites for hydroxylation is 2. The van der Waals surface area contributed by atoms with Crippen LogP contribution in [0.15, 0.2) is 53.1 Å². The average molecular weight is 419 g/mol. The highest BCUT2D eigenvalue weighted by molar-refractivity contribution is 5.98. The number of nitrogens with one attached hydrogen (secondary N) is 1. The number of hydrogen-bond donors (Lipinski definition) is 1. The first kappa shape index (κ1) is 21.6. The molecule has 0 radical (unpaired) electrons. The first-order valence-corrected chi connectivity index (χ1v) is 9.54. The van der Waals surface area contributed by atoms with Crippen LogP contribution in [0.25, 0.3) is 0 Å². The summed E-state index contributed by atoms with van der Waals surface area (Å²) in [6, 6.07) is 15.0. The maximum atomic E-state index is 12.7. The number of benzene rings is 2. The van der Waals surface area contributed by atoms with Gasteiger partial charge >= 0.3 is 5.97 Å². The van der Waals surface area contributed by atoms with Gasteiger partial charge in [0.2, 0.25) is 0 Å². The molecular formula is C23H21N3O5. The molecule has 0 fully saturated rings. The lowest BCUT2D eigenvalue weighted by molar-refractivity contribution is -0.123. The van der Waals surface area contributed by atoms with Crippen molar-refractivity contribution in [1.82, 2.24) is 5.16 Å². The van der Waals surface area contributed by atoms with Gasteiger partial charge in [-0.25, -0.2) is 4.79 Å². The Labute approximate surface area is 179 Å². The van der Waals surface area contributed by atoms with Gasteiger partial charge in [0.25, 0.3) is 5.91 Å². The van der Waals surface area contributed by atoms with E-state index in [0.29, 0.717) is 28.5 Å². The van der Waals surface area contributed by atoms with Crippen molar-refractivity contribution in [3.8, 4) is 11.8 Å². The van der Waals surface area contributed by atoms with Crippen LogP contribution in [0.4, 0.5) is 5.69 Å². The highest BCUT2D eigenvalue weighted by Gasteiger charge is 2.22. The zero-order chi connectivity index (χ0) is 22.4. The number of para-hydroxylation sites is 1. The molecule has 0 bridgehead atoms. The van der Waals surface area contributed by atoms with Gasteiger partial charge in [0, 0.05) is 5.69 Å². The Bertz CT molecular complexity index is 1110. The van der Waals surface area contributed by atoms with Gasteiger partial charge in [-0.3, -0.25) is 4.79 Å². The highest BCUT2D eigenvalue weighted by Crippen LogP contribution is 2.23. The Morgan fingerprint density at radius 3 is 2.52 bits per heavy atom. The van der Waals surface area contributed by atoms with E-state index in [1.54, 1.807) is 55.5 Å². The molecule has 1 heterocycles. The minimum atomic E-state index is -1.04. The molecular weight excluding hydrogens is 398 g/mol. The summed E-state index contributed by atoms with van der Waals surface area (Å²) in [6.45, 7) is 5.25. The number of esters is 1. The maximum Gasteiger partial charge on any atom is 0.342 e. The van der Waals surface area contributed by atoms with Crippen molar-refractivity contribution < 1.29 is 23.6 Å². The Morgan fingerprint density at radius 1 is 1.16 bits per heavy atom. The van der Waals surface area contributed by atoms with Gasteiger partial charge in [0.1, 0.15) is 23.7 Å². The number of amides is 1. The van der Waals surface area contributed by atoms with Gasteiger partial charge in [-0.15, -0.1) is 0 Å². The van der Waals surface area contributed by atoms with Crippen LogP contribution in [-0.2, 0) is 16.1 Å². The molecule has 1 N–H and O–H groups in total. The van der Waals surface area contributed by atoms with Crippen LogP contribution in [0, 0.1) is 25.2 Å². The summed E-state index contributed by atoms with van der Waals surface area (Å²) in [5, 5.41) is 15.4. The minimum absolute atomic E-state index is 0.181. The van der Waals surface area contributed by atoms with E-state index in [9.17, 15) is 9.59 Å². The average Bonchev–Trinajstić information content (AvgIpc) is 3.10. The number of aromatic nitrogens is 1. The van der Waals surface area contributed by atoms with E-state index in [1.807, 2.05) is 13.0 Å². The van der Waals surface area contributed by atoms with E-state index < -0.39 is 18.0 Å². The summed E-state index contributed by atoms with van der Waals surface area (Å²) in [7, 11) is 0. The lowest BCUT2D eigenvalue weighted by Crippen LogP contribution is -2.30. The Morgan fingerprint density at radius 2 is 1.87 bits per heavy atom. The molecule has 0 aliphatic heterocycles. The summed E-state index contributed by atoms with van der Waals surface area (Å²) in [5.41, 5.74) is 2.69. The predicted octanol–water partition coefficient (Wildman–Crippen LogP) is 3.93. The third-order valence-corrected chi connectivity index (χ3v) is 4.59. The largest absolute Gasteiger partial charge is 0.488 e. The van der Waals surface area contributed by atoms with Gasteiger partial charge in [0.05, 0.1) is 22.9 Å². The first-order chi connectivity index (χ1) is 14.9. The number of anilines is 1. The fourth-order valence-corrected chi connectivity index (χ4v) is 2.77. The molecule has 31 heavy (non-hydrogen) atoms. The second kappa shape index (κ2) is 9.59. The van der Waals surface area contributed by atoms with Crippen LogP contribution >= 0.6 is 0 Å². The molecule has 8 nitrogen and oxygen atoms in total. The summed E-state index contributed by atoms with van der Waals surface area (Å²) >= 11 is 0. The monoisotopic (exact) mass is 419 g/mol. The molecule has 8 heteroatoms. The molecule has 1 aromatic heterocycles. The van der Waals surface area contributed by atoms with Crippen molar-refractivity contribution in [3.63, 3.8) is 0 Å². The summed E-state index contributed by atoms with van der Waals surface area (Å²) < 4.78 is 16.2. The lowest BCUT2D eigenvalue weighted by Gasteiger charge is -2.15. The molecule has 0 saturated heterocycles. The summed E-state index contributed by atoms with van der Waals surface area (Å²) in [5.74, 6) is -0.207. The van der Waals surface area contributed by atoms with E-state index in [-0.39, 0.29) is 12.2 Å². The van der Waals surface area contributed by atoms with Gasteiger partial charge in [-0.05, 0) is 57.2 Å². The number of ether oxygens (including phenoxy) is 2. The standard InChI is InChI=1S/C23H21N3O5/c1-14-20(15(2)31-26-14)13-29-21-7-5-4-6-19(21)23(28)30-16(3)22(27)25-18-10-8-17(12-24)9-11-18/h4-11,16H,13H2,1-3H3,(H,25,27)/t16-/m1/s1. The third-order valence-electron chi connectivity index (χ3n) is 4.59. The number of carbonyl (C=O) groups is 2. The molecule has 0 aliphatic carbocycles. The molecule has 0 unspecified atom stereocenters. The topological polar surface area (TPSA) is 114 Å². The van der Waals surface area contributed by atoms with E-state index >= 15 is 0 Å². The predicted molar refractivity (Wildman–Crippen MR) is 111 cm³/mol. The molecule has 1 atom stereocenters. The van der Waals surface area contributed by atoms with Crippen LogP contribution < -0.4 is 10.1 Å². The Hall–Kier alpha value is -4.12. The van der Waals surface area contributed by atoms with Crippen molar-refractivity contribution in [2.75, 3.05) is 5.32 Å². The molecule has 0 spiro atoms. The van der Waals surface area contributed by atoms with Crippen LogP contribution in [0.1, 0.15) is 39.9 Å². The fourth-order valence-electron chi connectivity index (χ4n) is 2.77. The van der Waals surface area contributed by atoms with E-state index in [1.165, 1.54) is 6.92 Å². The quantitative estimate of drug-likeness (QED) is 0.577. The van der Waals surface area contributed by atoms with E-state index in [2.05, 4.69) is 10.5 Å². The zero-order valence-electron chi connectivity index (χ0n) is 17.3. The smallest absolute Gasteiger partial charge is 0.342 e. The molecule has 0 aliphatic rings. The molecule has 158 valence electrons. The zero-order valence-corrected chi connectivity index (χ0v) is 17.3. The van der Waals surface area contributed by atoms with Crippen molar-refractivity contribution in [1.29, 1.82) is 5.26 Å². The van der Waals surface area contributed by atoms with Crippen LogP contribution in [0.2, 0.25) is 0 Å².